The van der Waals surface area contributed by atoms with Gasteiger partial charge in [0, 0.05) is 10.5 Å². The third-order valence-electron chi connectivity index (χ3n) is 5.29. The van der Waals surface area contributed by atoms with Gasteiger partial charge in [0.2, 0.25) is 11.2 Å². The first-order valence-corrected chi connectivity index (χ1v) is 11.3. The van der Waals surface area contributed by atoms with Crippen molar-refractivity contribution in [3.63, 3.8) is 0 Å². The third-order valence-corrected chi connectivity index (χ3v) is 5.78. The number of hydrogen-bond acceptors (Lipinski definition) is 5. The number of carbonyl (C=O) groups is 1. The highest BCUT2D eigenvalue weighted by atomic mass is 79.9. The van der Waals surface area contributed by atoms with Gasteiger partial charge in [0.25, 0.3) is 5.76 Å². The Kier molecular flexibility index (Phi) is 6.01. The van der Waals surface area contributed by atoms with Gasteiger partial charge < -0.3 is 13.9 Å². The molecule has 5 rings (SSSR count). The van der Waals surface area contributed by atoms with Crippen LogP contribution in [0.15, 0.2) is 98.6 Å². The van der Waals surface area contributed by atoms with E-state index in [1.54, 1.807) is 30.3 Å². The average Bonchev–Trinajstić information content (AvgIpc) is 2.85. The Morgan fingerprint density at radius 1 is 0.833 bits per heavy atom. The summed E-state index contributed by atoms with van der Waals surface area (Å²) in [5, 5.41) is 1.42. The molecule has 0 amide bonds. The fraction of sp³-hybridized carbons (Fsp3) is 0.0370. The van der Waals surface area contributed by atoms with Gasteiger partial charge in [0.15, 0.2) is 0 Å². The van der Waals surface area contributed by atoms with Crippen molar-refractivity contribution in [1.29, 1.82) is 0 Å². The number of rotatable bonds is 4. The number of halogens is 4. The molecule has 1 aromatic heterocycles. The predicted molar refractivity (Wildman–Crippen MR) is 131 cm³/mol. The highest BCUT2D eigenvalue weighted by molar-refractivity contribution is 9.10. The largest absolute Gasteiger partial charge is 0.453 e. The van der Waals surface area contributed by atoms with Crippen LogP contribution in [0.2, 0.25) is 0 Å². The number of benzene rings is 4. The maximum Gasteiger partial charge on any atom is 0.453 e. The van der Waals surface area contributed by atoms with E-state index in [1.807, 2.05) is 12.1 Å². The molecule has 4 aromatic carbocycles. The first-order chi connectivity index (χ1) is 17.2. The van der Waals surface area contributed by atoms with Crippen LogP contribution in [-0.4, -0.2) is 5.97 Å². The Balaban J connectivity index is 1.55. The zero-order chi connectivity index (χ0) is 25.4. The summed E-state index contributed by atoms with van der Waals surface area (Å²) in [4.78, 5) is 25.5. The van der Waals surface area contributed by atoms with Gasteiger partial charge >= 0.3 is 12.1 Å². The van der Waals surface area contributed by atoms with E-state index in [-0.39, 0.29) is 22.4 Å². The lowest BCUT2D eigenvalue weighted by molar-refractivity contribution is -0.154. The second-order valence-electron chi connectivity index (χ2n) is 7.76. The van der Waals surface area contributed by atoms with E-state index >= 15 is 0 Å². The van der Waals surface area contributed by atoms with E-state index in [1.165, 1.54) is 36.4 Å². The van der Waals surface area contributed by atoms with E-state index in [9.17, 15) is 22.8 Å². The molecule has 0 radical (unpaired) electrons. The minimum atomic E-state index is -5.03. The summed E-state index contributed by atoms with van der Waals surface area (Å²) in [5.74, 6) is -3.35. The molecule has 9 heteroatoms. The molecule has 0 aliphatic rings. The molecule has 0 saturated carbocycles. The molecular weight excluding hydrogens is 541 g/mol. The number of esters is 1. The standard InChI is InChI=1S/C27H14BrF3O5/c28-18-7-3-6-17(12-18)26(33)35-20-10-11-21-22(14-20)36-25(27(29,30)31)24(23(21)32)34-19-9-8-15-4-1-2-5-16(15)13-19/h1-14H. The average molecular weight is 555 g/mol. The van der Waals surface area contributed by atoms with Crippen LogP contribution in [0.25, 0.3) is 21.7 Å². The summed E-state index contributed by atoms with van der Waals surface area (Å²) >= 11 is 3.25. The smallest absolute Gasteiger partial charge is 0.449 e. The lowest BCUT2D eigenvalue weighted by atomic mass is 10.1. The molecule has 5 nitrogen and oxygen atoms in total. The predicted octanol–water partition coefficient (Wildman–Crippen LogP) is 7.74. The second kappa shape index (κ2) is 9.16. The molecule has 0 spiro atoms. The van der Waals surface area contributed by atoms with Gasteiger partial charge in [-0.15, -0.1) is 0 Å². The molecule has 5 aromatic rings. The van der Waals surface area contributed by atoms with Crippen molar-refractivity contribution in [3.05, 3.63) is 111 Å². The van der Waals surface area contributed by atoms with Crippen molar-refractivity contribution in [2.24, 2.45) is 0 Å². The van der Waals surface area contributed by atoms with Crippen LogP contribution in [0.1, 0.15) is 16.1 Å². The summed E-state index contributed by atoms with van der Waals surface area (Å²) in [6.07, 6.45) is -5.03. The van der Waals surface area contributed by atoms with Gasteiger partial charge in [0.1, 0.15) is 17.1 Å². The highest BCUT2D eigenvalue weighted by Gasteiger charge is 2.40. The molecule has 0 aliphatic carbocycles. The molecule has 0 saturated heterocycles. The van der Waals surface area contributed by atoms with Crippen LogP contribution >= 0.6 is 15.9 Å². The molecule has 0 fully saturated rings. The van der Waals surface area contributed by atoms with Crippen molar-refractivity contribution < 1.29 is 31.9 Å². The molecule has 1 heterocycles. The monoisotopic (exact) mass is 554 g/mol. The zero-order valence-electron chi connectivity index (χ0n) is 18.1. The van der Waals surface area contributed by atoms with E-state index in [4.69, 9.17) is 13.9 Å². The van der Waals surface area contributed by atoms with Crippen LogP contribution in [0.5, 0.6) is 17.2 Å². The molecule has 0 unspecified atom stereocenters. The van der Waals surface area contributed by atoms with Crippen molar-refractivity contribution in [3.8, 4) is 17.2 Å². The van der Waals surface area contributed by atoms with E-state index < -0.39 is 34.7 Å². The first kappa shape index (κ1) is 23.6. The number of ether oxygens (including phenoxy) is 2. The minimum absolute atomic E-state index is 0.0467. The van der Waals surface area contributed by atoms with Gasteiger partial charge in [0.05, 0.1) is 10.9 Å². The fourth-order valence-electron chi connectivity index (χ4n) is 3.63. The summed E-state index contributed by atoms with van der Waals surface area (Å²) < 4.78 is 58.1. The Bertz CT molecular complexity index is 1690. The summed E-state index contributed by atoms with van der Waals surface area (Å²) in [7, 11) is 0. The first-order valence-electron chi connectivity index (χ1n) is 10.5. The van der Waals surface area contributed by atoms with E-state index in [0.29, 0.717) is 4.47 Å². The molecular formula is C27H14BrF3O5. The third kappa shape index (κ3) is 4.70. The van der Waals surface area contributed by atoms with Gasteiger partial charge in [-0.25, -0.2) is 4.79 Å². The highest BCUT2D eigenvalue weighted by Crippen LogP contribution is 2.39. The SMILES string of the molecule is O=C(Oc1ccc2c(=O)c(Oc3ccc4ccccc4c3)c(C(F)(F)F)oc2c1)c1cccc(Br)c1. The lowest BCUT2D eigenvalue weighted by Crippen LogP contribution is -2.15. The normalized spacial score (nSPS) is 11.6. The van der Waals surface area contributed by atoms with Crippen LogP contribution in [0.3, 0.4) is 0 Å². The maximum atomic E-state index is 13.9. The number of alkyl halides is 3. The van der Waals surface area contributed by atoms with Crippen molar-refractivity contribution >= 4 is 43.6 Å². The van der Waals surface area contributed by atoms with Gasteiger partial charge in [-0.2, -0.15) is 13.2 Å². The van der Waals surface area contributed by atoms with E-state index in [2.05, 4.69) is 15.9 Å². The second-order valence-corrected chi connectivity index (χ2v) is 8.67. The van der Waals surface area contributed by atoms with Gasteiger partial charge in [-0.3, -0.25) is 4.79 Å². The van der Waals surface area contributed by atoms with Crippen LogP contribution in [-0.2, 0) is 6.18 Å². The summed E-state index contributed by atoms with van der Waals surface area (Å²) in [6.45, 7) is 0. The Morgan fingerprint density at radius 2 is 1.58 bits per heavy atom. The minimum Gasteiger partial charge on any atom is -0.449 e. The summed E-state index contributed by atoms with van der Waals surface area (Å²) in [5.41, 5.74) is -1.19. The van der Waals surface area contributed by atoms with Crippen LogP contribution in [0.4, 0.5) is 13.2 Å². The van der Waals surface area contributed by atoms with Crippen molar-refractivity contribution in [1.82, 2.24) is 0 Å². The quantitative estimate of drug-likeness (QED) is 0.168. The maximum absolute atomic E-state index is 13.9. The molecule has 0 atom stereocenters. The van der Waals surface area contributed by atoms with Gasteiger partial charge in [-0.1, -0.05) is 52.3 Å². The van der Waals surface area contributed by atoms with Crippen LogP contribution in [0, 0.1) is 0 Å². The summed E-state index contributed by atoms with van der Waals surface area (Å²) in [6, 6.07) is 21.9. The number of carbonyl (C=O) groups excluding carboxylic acids is 1. The molecule has 0 N–H and O–H groups in total. The zero-order valence-corrected chi connectivity index (χ0v) is 19.7. The molecule has 36 heavy (non-hydrogen) atoms. The Hall–Kier alpha value is -4.11. The Morgan fingerprint density at radius 3 is 2.33 bits per heavy atom. The fourth-order valence-corrected chi connectivity index (χ4v) is 4.03. The van der Waals surface area contributed by atoms with Gasteiger partial charge in [-0.05, 0) is 53.2 Å². The number of hydrogen-bond donors (Lipinski definition) is 0. The lowest BCUT2D eigenvalue weighted by Gasteiger charge is -2.14. The molecule has 0 bridgehead atoms. The number of fused-ring (bicyclic) bond motifs is 2. The van der Waals surface area contributed by atoms with Crippen molar-refractivity contribution in [2.45, 2.75) is 6.18 Å². The Labute approximate surface area is 209 Å². The van der Waals surface area contributed by atoms with Crippen LogP contribution < -0.4 is 14.9 Å². The van der Waals surface area contributed by atoms with E-state index in [0.717, 1.165) is 16.8 Å². The molecule has 180 valence electrons. The topological polar surface area (TPSA) is 65.7 Å². The molecule has 0 aliphatic heterocycles. The van der Waals surface area contributed by atoms with Crippen molar-refractivity contribution in [2.75, 3.05) is 0 Å².